The minimum Gasteiger partial charge on any atom is -0.379 e. The summed E-state index contributed by atoms with van der Waals surface area (Å²) in [6.07, 6.45) is 8.79. The van der Waals surface area contributed by atoms with Crippen molar-refractivity contribution in [2.45, 2.75) is 51.0 Å². The van der Waals surface area contributed by atoms with Gasteiger partial charge in [-0.15, -0.1) is 0 Å². The zero-order valence-corrected chi connectivity index (χ0v) is 14.0. The lowest BCUT2D eigenvalue weighted by atomic mass is 9.73. The number of amides is 2. The molecule has 2 aliphatic carbocycles. The monoisotopic (exact) mass is 309 g/mol. The van der Waals surface area contributed by atoms with E-state index in [4.69, 9.17) is 4.74 Å². The topological polar surface area (TPSA) is 44.8 Å². The highest BCUT2D eigenvalue weighted by Gasteiger charge is 2.36. The number of ether oxygens (including phenoxy) is 1. The second-order valence-electron chi connectivity index (χ2n) is 7.45. The van der Waals surface area contributed by atoms with Crippen molar-refractivity contribution in [3.63, 3.8) is 0 Å². The van der Waals surface area contributed by atoms with Crippen LogP contribution in [0.1, 0.15) is 44.9 Å². The van der Waals surface area contributed by atoms with E-state index in [0.29, 0.717) is 6.04 Å². The summed E-state index contributed by atoms with van der Waals surface area (Å²) >= 11 is 0. The van der Waals surface area contributed by atoms with Gasteiger partial charge in [0, 0.05) is 44.7 Å². The third-order valence-electron chi connectivity index (χ3n) is 5.61. The first kappa shape index (κ1) is 16.1. The van der Waals surface area contributed by atoms with Crippen LogP contribution in [0.2, 0.25) is 0 Å². The zero-order chi connectivity index (χ0) is 15.4. The third kappa shape index (κ3) is 4.13. The van der Waals surface area contributed by atoms with Crippen molar-refractivity contribution in [1.29, 1.82) is 0 Å². The van der Waals surface area contributed by atoms with Crippen LogP contribution < -0.4 is 5.32 Å². The lowest BCUT2D eigenvalue weighted by molar-refractivity contribution is 0.00759. The van der Waals surface area contributed by atoms with E-state index in [1.165, 1.54) is 44.9 Å². The molecule has 0 unspecified atom stereocenters. The highest BCUT2D eigenvalue weighted by Crippen LogP contribution is 2.37. The number of urea groups is 1. The number of carbonyl (C=O) groups excluding carboxylic acids is 1. The van der Waals surface area contributed by atoms with Gasteiger partial charge < -0.3 is 15.0 Å². The second kappa shape index (κ2) is 7.18. The molecule has 2 saturated carbocycles. The molecular weight excluding hydrogens is 278 g/mol. The van der Waals surface area contributed by atoms with E-state index in [-0.39, 0.29) is 11.4 Å². The quantitative estimate of drug-likeness (QED) is 0.845. The van der Waals surface area contributed by atoms with Crippen LogP contribution in [0.3, 0.4) is 0 Å². The molecule has 0 aromatic rings. The van der Waals surface area contributed by atoms with Crippen LogP contribution in [0.25, 0.3) is 0 Å². The summed E-state index contributed by atoms with van der Waals surface area (Å²) in [7, 11) is 1.93. The number of nitrogens with one attached hydrogen (secondary N) is 1. The van der Waals surface area contributed by atoms with Crippen molar-refractivity contribution in [2.24, 2.45) is 5.41 Å². The van der Waals surface area contributed by atoms with Crippen LogP contribution in [0.5, 0.6) is 0 Å². The summed E-state index contributed by atoms with van der Waals surface area (Å²) in [5.74, 6) is 0. The molecule has 0 atom stereocenters. The van der Waals surface area contributed by atoms with Crippen molar-refractivity contribution in [1.82, 2.24) is 15.1 Å². The van der Waals surface area contributed by atoms with Crippen LogP contribution in [-0.4, -0.2) is 68.3 Å². The Bertz CT molecular complexity index is 372. The molecule has 5 nitrogen and oxygen atoms in total. The summed E-state index contributed by atoms with van der Waals surface area (Å²) < 4.78 is 5.47. The Labute approximate surface area is 134 Å². The van der Waals surface area contributed by atoms with Gasteiger partial charge >= 0.3 is 6.03 Å². The summed E-state index contributed by atoms with van der Waals surface area (Å²) in [4.78, 5) is 16.7. The van der Waals surface area contributed by atoms with Crippen LogP contribution >= 0.6 is 0 Å². The average Bonchev–Trinajstić information content (AvgIpc) is 3.39. The number of hydrogen-bond donors (Lipinski definition) is 1. The van der Waals surface area contributed by atoms with Gasteiger partial charge in [0.05, 0.1) is 13.2 Å². The normalized spacial score (nSPS) is 25.7. The van der Waals surface area contributed by atoms with Gasteiger partial charge in [-0.25, -0.2) is 4.79 Å². The maximum absolute atomic E-state index is 12.3. The van der Waals surface area contributed by atoms with Crippen molar-refractivity contribution in [2.75, 3.05) is 46.4 Å². The first-order chi connectivity index (χ1) is 10.7. The van der Waals surface area contributed by atoms with Gasteiger partial charge in [0.25, 0.3) is 0 Å². The molecule has 1 aliphatic heterocycles. The molecule has 1 saturated heterocycles. The summed E-state index contributed by atoms with van der Waals surface area (Å²) in [6, 6.07) is 0.607. The first-order valence-corrected chi connectivity index (χ1v) is 8.99. The second-order valence-corrected chi connectivity index (χ2v) is 7.45. The summed E-state index contributed by atoms with van der Waals surface area (Å²) in [5, 5.41) is 3.23. The molecule has 2 amide bonds. The van der Waals surface area contributed by atoms with Gasteiger partial charge in [-0.2, -0.15) is 0 Å². The molecule has 5 heteroatoms. The SMILES string of the molecule is CN(C(=O)NCC1(CN2CCOCC2)CCCCC1)C1CC1. The van der Waals surface area contributed by atoms with Gasteiger partial charge in [0.1, 0.15) is 0 Å². The van der Waals surface area contributed by atoms with Crippen LogP contribution in [0.4, 0.5) is 4.79 Å². The maximum Gasteiger partial charge on any atom is 0.317 e. The molecule has 0 bridgehead atoms. The van der Waals surface area contributed by atoms with Crippen LogP contribution in [0.15, 0.2) is 0 Å². The standard InChI is InChI=1S/C17H31N3O2/c1-19(15-5-6-15)16(21)18-13-17(7-3-2-4-8-17)14-20-9-11-22-12-10-20/h15H,2-14H2,1H3,(H,18,21). The van der Waals surface area contributed by atoms with E-state index < -0.39 is 0 Å². The molecule has 0 radical (unpaired) electrons. The number of nitrogens with zero attached hydrogens (tertiary/aromatic N) is 2. The van der Waals surface area contributed by atoms with E-state index in [9.17, 15) is 4.79 Å². The highest BCUT2D eigenvalue weighted by atomic mass is 16.5. The van der Waals surface area contributed by atoms with E-state index in [0.717, 1.165) is 39.4 Å². The largest absolute Gasteiger partial charge is 0.379 e. The predicted molar refractivity (Wildman–Crippen MR) is 87.0 cm³/mol. The van der Waals surface area contributed by atoms with Crippen molar-refractivity contribution in [3.8, 4) is 0 Å². The summed E-state index contributed by atoms with van der Waals surface area (Å²) in [6.45, 7) is 5.74. The minimum absolute atomic E-state index is 0.120. The Morgan fingerprint density at radius 2 is 1.91 bits per heavy atom. The van der Waals surface area contributed by atoms with Gasteiger partial charge in [0.2, 0.25) is 0 Å². The molecule has 3 aliphatic rings. The molecule has 0 aromatic heterocycles. The minimum atomic E-state index is 0.120. The van der Waals surface area contributed by atoms with Gasteiger partial charge in [-0.3, -0.25) is 4.90 Å². The molecular formula is C17H31N3O2. The number of carbonyl (C=O) groups is 1. The van der Waals surface area contributed by atoms with Crippen LogP contribution in [-0.2, 0) is 4.74 Å². The molecule has 126 valence electrons. The Hall–Kier alpha value is -0.810. The molecule has 1 heterocycles. The molecule has 0 aromatic carbocycles. The van der Waals surface area contributed by atoms with Gasteiger partial charge in [-0.05, 0) is 25.7 Å². The Morgan fingerprint density at radius 3 is 2.55 bits per heavy atom. The fraction of sp³-hybridized carbons (Fsp3) is 0.941. The Morgan fingerprint density at radius 1 is 1.23 bits per heavy atom. The zero-order valence-electron chi connectivity index (χ0n) is 14.0. The third-order valence-corrected chi connectivity index (χ3v) is 5.61. The van der Waals surface area contributed by atoms with Crippen molar-refractivity contribution in [3.05, 3.63) is 0 Å². The van der Waals surface area contributed by atoms with E-state index in [1.807, 2.05) is 11.9 Å². The number of hydrogen-bond acceptors (Lipinski definition) is 3. The van der Waals surface area contributed by atoms with Crippen LogP contribution in [0, 0.1) is 5.41 Å². The Kier molecular flexibility index (Phi) is 5.24. The van der Waals surface area contributed by atoms with E-state index in [1.54, 1.807) is 0 Å². The van der Waals surface area contributed by atoms with Crippen molar-refractivity contribution >= 4 is 6.03 Å². The Balaban J connectivity index is 1.54. The van der Waals surface area contributed by atoms with Gasteiger partial charge in [-0.1, -0.05) is 19.3 Å². The van der Waals surface area contributed by atoms with E-state index in [2.05, 4.69) is 10.2 Å². The summed E-state index contributed by atoms with van der Waals surface area (Å²) in [5.41, 5.74) is 0.273. The molecule has 3 fully saturated rings. The predicted octanol–water partition coefficient (Wildman–Crippen LogP) is 2.07. The van der Waals surface area contributed by atoms with E-state index >= 15 is 0 Å². The fourth-order valence-electron chi connectivity index (χ4n) is 3.94. The maximum atomic E-state index is 12.3. The molecule has 3 rings (SSSR count). The molecule has 22 heavy (non-hydrogen) atoms. The molecule has 0 spiro atoms. The van der Waals surface area contributed by atoms with Crippen molar-refractivity contribution < 1.29 is 9.53 Å². The van der Waals surface area contributed by atoms with Gasteiger partial charge in [0.15, 0.2) is 0 Å². The number of rotatable bonds is 5. The smallest absolute Gasteiger partial charge is 0.317 e. The highest BCUT2D eigenvalue weighted by molar-refractivity contribution is 5.74. The molecule has 1 N–H and O–H groups in total. The first-order valence-electron chi connectivity index (χ1n) is 8.99. The lowest BCUT2D eigenvalue weighted by Crippen LogP contribution is -2.51. The fourth-order valence-corrected chi connectivity index (χ4v) is 3.94. The number of morpholine rings is 1. The lowest BCUT2D eigenvalue weighted by Gasteiger charge is -2.42. The average molecular weight is 309 g/mol.